The molecule has 0 amide bonds. The molecule has 1 aliphatic carbocycles. The van der Waals surface area contributed by atoms with E-state index in [0.717, 1.165) is 44.9 Å². The third-order valence-corrected chi connectivity index (χ3v) is 12.0. The van der Waals surface area contributed by atoms with Crippen molar-refractivity contribution in [3.05, 3.63) is 223 Å². The van der Waals surface area contributed by atoms with Gasteiger partial charge in [0.1, 0.15) is 5.41 Å². The molecule has 2 N–H and O–H groups in total. The Morgan fingerprint density at radius 2 is 1.07 bits per heavy atom. The van der Waals surface area contributed by atoms with Crippen LogP contribution in [0.25, 0.3) is 77.2 Å². The van der Waals surface area contributed by atoms with Crippen molar-refractivity contribution in [1.29, 1.82) is 0 Å². The average molecular weight is 731 g/mol. The first-order chi connectivity index (χ1) is 28.2. The zero-order valence-corrected chi connectivity index (χ0v) is 31.5. The fourth-order valence-electron chi connectivity index (χ4n) is 9.56. The van der Waals surface area contributed by atoms with Crippen LogP contribution in [0.4, 0.5) is 0 Å². The Morgan fingerprint density at radius 3 is 1.68 bits per heavy atom. The molecule has 0 saturated carbocycles. The minimum atomic E-state index is -0.747. The lowest BCUT2D eigenvalue weighted by Crippen LogP contribution is -2.34. The quantitative estimate of drug-likeness (QED) is 0.173. The van der Waals surface area contributed by atoms with Gasteiger partial charge in [-0.25, -0.2) is 0 Å². The van der Waals surface area contributed by atoms with Crippen LogP contribution in [0.5, 0.6) is 0 Å². The summed E-state index contributed by atoms with van der Waals surface area (Å²) in [6.45, 7) is 2.02. The Labute approximate surface area is 331 Å². The monoisotopic (exact) mass is 730 g/mol. The van der Waals surface area contributed by atoms with Crippen LogP contribution in [0, 0.1) is 0 Å². The average Bonchev–Trinajstić information content (AvgIpc) is 3.90. The smallest absolute Gasteiger partial charge is 0.103 e. The number of allylic oxidation sites excluding steroid dienone is 4. The number of para-hydroxylation sites is 3. The van der Waals surface area contributed by atoms with Gasteiger partial charge >= 0.3 is 0 Å². The standard InChI is InChI=1S/C53H38N4/c1-2-3-22-49(54)53(50-23-12-13-34-55-50)43-18-8-4-16-41(43)51-44(53)32-33-48-52(51)42-17-7-11-21-47(42)57(48)38-30-26-36(27-31-38)35-24-28-37(29-25-35)56-45-19-9-5-14-39(45)40-15-6-10-20-46(40)56/h2-34H,54H2,1H3/b3-2-,49-22-. The molecule has 57 heavy (non-hydrogen) atoms. The van der Waals surface area contributed by atoms with Crippen LogP contribution in [0.3, 0.4) is 0 Å². The van der Waals surface area contributed by atoms with E-state index in [2.05, 4.69) is 179 Å². The predicted octanol–water partition coefficient (Wildman–Crippen LogP) is 12.7. The SMILES string of the molecule is C/C=C\C=C(/N)C1(c2ccccn2)c2ccccc2-c2c1ccc1c2c2ccccc2n1-c1ccc(-c2ccc(-n3c4ccccc4c4ccccc43)cc2)cc1. The molecule has 4 nitrogen and oxygen atoms in total. The molecule has 7 aromatic carbocycles. The highest BCUT2D eigenvalue weighted by atomic mass is 15.0. The van der Waals surface area contributed by atoms with Crippen molar-refractivity contribution in [3.8, 4) is 33.6 Å². The number of nitrogens with zero attached hydrogens (tertiary/aromatic N) is 3. The Balaban J connectivity index is 1.05. The molecule has 0 radical (unpaired) electrons. The molecule has 1 atom stereocenters. The van der Waals surface area contributed by atoms with E-state index >= 15 is 0 Å². The minimum Gasteiger partial charge on any atom is -0.401 e. The Kier molecular flexibility index (Phi) is 7.42. The van der Waals surface area contributed by atoms with E-state index in [4.69, 9.17) is 10.7 Å². The van der Waals surface area contributed by atoms with Gasteiger partial charge in [-0.1, -0.05) is 127 Å². The van der Waals surface area contributed by atoms with Crippen LogP contribution < -0.4 is 5.73 Å². The highest BCUT2D eigenvalue weighted by Gasteiger charge is 2.48. The van der Waals surface area contributed by atoms with Crippen LogP contribution in [0.15, 0.2) is 206 Å². The number of pyridine rings is 1. The second-order valence-corrected chi connectivity index (χ2v) is 14.9. The molecule has 1 unspecified atom stereocenters. The van der Waals surface area contributed by atoms with E-state index in [1.54, 1.807) is 0 Å². The maximum Gasteiger partial charge on any atom is 0.103 e. The summed E-state index contributed by atoms with van der Waals surface area (Å²) in [5.41, 5.74) is 22.2. The molecule has 270 valence electrons. The highest BCUT2D eigenvalue weighted by Crippen LogP contribution is 2.57. The number of benzene rings is 7. The molecule has 0 aliphatic heterocycles. The summed E-state index contributed by atoms with van der Waals surface area (Å²) in [6.07, 6.45) is 7.95. The maximum atomic E-state index is 7.22. The van der Waals surface area contributed by atoms with Crippen LogP contribution in [-0.4, -0.2) is 14.1 Å². The van der Waals surface area contributed by atoms with E-state index in [0.29, 0.717) is 0 Å². The predicted molar refractivity (Wildman–Crippen MR) is 237 cm³/mol. The Bertz CT molecular complexity index is 3180. The van der Waals surface area contributed by atoms with Crippen LogP contribution >= 0.6 is 0 Å². The summed E-state index contributed by atoms with van der Waals surface area (Å²) >= 11 is 0. The van der Waals surface area contributed by atoms with E-state index in [-0.39, 0.29) is 0 Å². The van der Waals surface area contributed by atoms with Gasteiger partial charge in [-0.3, -0.25) is 4.98 Å². The van der Waals surface area contributed by atoms with Crippen LogP contribution in [0.1, 0.15) is 23.7 Å². The fraction of sp³-hybridized carbons (Fsp3) is 0.0377. The summed E-state index contributed by atoms with van der Waals surface area (Å²) in [4.78, 5) is 4.98. The summed E-state index contributed by atoms with van der Waals surface area (Å²) in [5, 5.41) is 4.96. The molecule has 0 fully saturated rings. The van der Waals surface area contributed by atoms with Gasteiger partial charge in [-0.05, 0) is 107 Å². The fourth-order valence-corrected chi connectivity index (χ4v) is 9.56. The van der Waals surface area contributed by atoms with E-state index in [1.807, 2.05) is 37.4 Å². The number of nitrogens with two attached hydrogens (primary N) is 1. The first-order valence-corrected chi connectivity index (χ1v) is 19.5. The Morgan fingerprint density at radius 1 is 0.526 bits per heavy atom. The van der Waals surface area contributed by atoms with Gasteiger partial charge in [-0.2, -0.15) is 0 Å². The lowest BCUT2D eigenvalue weighted by Gasteiger charge is -2.32. The maximum absolute atomic E-state index is 7.22. The lowest BCUT2D eigenvalue weighted by atomic mass is 9.72. The molecule has 11 rings (SSSR count). The zero-order valence-electron chi connectivity index (χ0n) is 31.5. The van der Waals surface area contributed by atoms with Gasteiger partial charge in [0.15, 0.2) is 0 Å². The van der Waals surface area contributed by atoms with Gasteiger partial charge in [0, 0.05) is 44.8 Å². The van der Waals surface area contributed by atoms with Gasteiger partial charge in [0.05, 0.1) is 27.8 Å². The molecule has 1 aliphatic rings. The first-order valence-electron chi connectivity index (χ1n) is 19.5. The van der Waals surface area contributed by atoms with Gasteiger partial charge in [0.25, 0.3) is 0 Å². The largest absolute Gasteiger partial charge is 0.401 e. The number of rotatable bonds is 6. The lowest BCUT2D eigenvalue weighted by molar-refractivity contribution is 0.706. The molecule has 4 heteroatoms. The third-order valence-electron chi connectivity index (χ3n) is 12.0. The van der Waals surface area contributed by atoms with Crippen molar-refractivity contribution >= 4 is 43.6 Å². The molecule has 0 bridgehead atoms. The van der Waals surface area contributed by atoms with Crippen molar-refractivity contribution in [2.75, 3.05) is 0 Å². The number of hydrogen-bond acceptors (Lipinski definition) is 2. The molecular weight excluding hydrogens is 693 g/mol. The van der Waals surface area contributed by atoms with E-state index in [1.165, 1.54) is 54.8 Å². The van der Waals surface area contributed by atoms with Crippen molar-refractivity contribution in [2.45, 2.75) is 12.3 Å². The summed E-state index contributed by atoms with van der Waals surface area (Å²) in [6, 6.07) is 63.4. The minimum absolute atomic E-state index is 0.743. The van der Waals surface area contributed by atoms with Gasteiger partial charge < -0.3 is 14.9 Å². The number of aromatic nitrogens is 3. The van der Waals surface area contributed by atoms with Gasteiger partial charge in [0.2, 0.25) is 0 Å². The van der Waals surface area contributed by atoms with Crippen molar-refractivity contribution < 1.29 is 0 Å². The second-order valence-electron chi connectivity index (χ2n) is 14.9. The van der Waals surface area contributed by atoms with Crippen LogP contribution in [0.2, 0.25) is 0 Å². The van der Waals surface area contributed by atoms with E-state index < -0.39 is 5.41 Å². The summed E-state index contributed by atoms with van der Waals surface area (Å²) in [7, 11) is 0. The Hall–Kier alpha value is -7.43. The van der Waals surface area contributed by atoms with Gasteiger partial charge in [-0.15, -0.1) is 0 Å². The van der Waals surface area contributed by atoms with Crippen molar-refractivity contribution in [3.63, 3.8) is 0 Å². The zero-order chi connectivity index (χ0) is 38.1. The molecule has 3 aromatic heterocycles. The third kappa shape index (κ3) is 4.71. The van der Waals surface area contributed by atoms with Crippen molar-refractivity contribution in [2.24, 2.45) is 5.73 Å². The topological polar surface area (TPSA) is 48.8 Å². The number of fused-ring (bicyclic) bond motifs is 10. The normalized spacial score (nSPS) is 15.3. The highest BCUT2D eigenvalue weighted by molar-refractivity contribution is 6.18. The molecule has 0 saturated heterocycles. The second kappa shape index (κ2) is 12.8. The summed E-state index contributed by atoms with van der Waals surface area (Å²) in [5.74, 6) is 0. The number of hydrogen-bond donors (Lipinski definition) is 1. The summed E-state index contributed by atoms with van der Waals surface area (Å²) < 4.78 is 4.77. The van der Waals surface area contributed by atoms with Crippen LogP contribution in [-0.2, 0) is 5.41 Å². The van der Waals surface area contributed by atoms with E-state index in [9.17, 15) is 0 Å². The molecule has 3 heterocycles. The molecular formula is C53H38N4. The molecule has 10 aromatic rings. The van der Waals surface area contributed by atoms with Crippen molar-refractivity contribution in [1.82, 2.24) is 14.1 Å². The molecule has 0 spiro atoms. The first kappa shape index (κ1) is 33.0.